The summed E-state index contributed by atoms with van der Waals surface area (Å²) in [6.07, 6.45) is 3.46. The van der Waals surface area contributed by atoms with Crippen molar-refractivity contribution in [1.29, 1.82) is 0 Å². The highest BCUT2D eigenvalue weighted by molar-refractivity contribution is 6.18. The number of halogens is 1. The average Bonchev–Trinajstić information content (AvgIpc) is 2.83. The molecule has 1 atom stereocenters. The Kier molecular flexibility index (Phi) is 3.72. The maximum Gasteiger partial charge on any atom is 0.253 e. The molecule has 0 saturated carbocycles. The van der Waals surface area contributed by atoms with Crippen molar-refractivity contribution in [2.45, 2.75) is 32.2 Å². The van der Waals surface area contributed by atoms with Crippen molar-refractivity contribution in [3.05, 3.63) is 34.9 Å². The van der Waals surface area contributed by atoms with Gasteiger partial charge in [0, 0.05) is 24.5 Å². The number of alkyl halides is 1. The van der Waals surface area contributed by atoms with Crippen molar-refractivity contribution in [1.82, 2.24) is 4.90 Å². The lowest BCUT2D eigenvalue weighted by Crippen LogP contribution is -2.36. The van der Waals surface area contributed by atoms with E-state index in [2.05, 4.69) is 6.07 Å². The summed E-state index contributed by atoms with van der Waals surface area (Å²) in [5, 5.41) is 0. The van der Waals surface area contributed by atoms with Crippen LogP contribution in [-0.4, -0.2) is 29.8 Å². The zero-order valence-electron chi connectivity index (χ0n) is 10.4. The Morgan fingerprint density at radius 2 is 2.12 bits per heavy atom. The molecule has 1 aliphatic rings. The number of aryl methyl sites for hydroxylation is 2. The van der Waals surface area contributed by atoms with E-state index in [4.69, 9.17) is 11.6 Å². The Morgan fingerprint density at radius 1 is 1.41 bits per heavy atom. The van der Waals surface area contributed by atoms with Gasteiger partial charge >= 0.3 is 0 Å². The average molecular weight is 252 g/mol. The third-order valence-electron chi connectivity index (χ3n) is 3.55. The van der Waals surface area contributed by atoms with E-state index in [1.54, 1.807) is 4.90 Å². The first kappa shape index (κ1) is 12.4. The van der Waals surface area contributed by atoms with Gasteiger partial charge in [-0.15, -0.1) is 11.6 Å². The number of hydrogen-bond acceptors (Lipinski definition) is 1. The van der Waals surface area contributed by atoms with Crippen molar-refractivity contribution in [3.8, 4) is 0 Å². The number of benzene rings is 1. The summed E-state index contributed by atoms with van der Waals surface area (Å²) in [7, 11) is 1.81. The van der Waals surface area contributed by atoms with E-state index in [0.717, 1.165) is 18.4 Å². The number of nitrogens with zero attached hydrogens (tertiary/aromatic N) is 1. The fraction of sp³-hybridized carbons (Fsp3) is 0.500. The van der Waals surface area contributed by atoms with Gasteiger partial charge in [0.1, 0.15) is 0 Å². The Morgan fingerprint density at radius 3 is 2.82 bits per heavy atom. The van der Waals surface area contributed by atoms with Gasteiger partial charge in [0.25, 0.3) is 5.91 Å². The van der Waals surface area contributed by atoms with Crippen molar-refractivity contribution in [2.75, 3.05) is 12.9 Å². The molecule has 0 aromatic heterocycles. The zero-order valence-corrected chi connectivity index (χ0v) is 11.1. The molecule has 0 saturated heterocycles. The topological polar surface area (TPSA) is 20.3 Å². The van der Waals surface area contributed by atoms with Crippen LogP contribution in [-0.2, 0) is 12.8 Å². The largest absolute Gasteiger partial charge is 0.338 e. The van der Waals surface area contributed by atoms with E-state index < -0.39 is 0 Å². The highest BCUT2D eigenvalue weighted by atomic mass is 35.5. The summed E-state index contributed by atoms with van der Waals surface area (Å²) >= 11 is 5.78. The summed E-state index contributed by atoms with van der Waals surface area (Å²) in [4.78, 5) is 13.9. The van der Waals surface area contributed by atoms with E-state index in [9.17, 15) is 4.79 Å². The molecule has 17 heavy (non-hydrogen) atoms. The lowest BCUT2D eigenvalue weighted by molar-refractivity contribution is 0.0756. The predicted octanol–water partition coefficient (Wildman–Crippen LogP) is 2.87. The molecule has 1 aromatic carbocycles. The van der Waals surface area contributed by atoms with Crippen molar-refractivity contribution >= 4 is 17.5 Å². The molecular formula is C14H18ClNO. The Labute approximate surface area is 108 Å². The smallest absolute Gasteiger partial charge is 0.253 e. The second-order valence-corrected chi connectivity index (χ2v) is 5.07. The molecule has 2 nitrogen and oxygen atoms in total. The van der Waals surface area contributed by atoms with Gasteiger partial charge in [-0.2, -0.15) is 0 Å². The minimum Gasteiger partial charge on any atom is -0.338 e. The molecule has 92 valence electrons. The maximum absolute atomic E-state index is 12.2. The Hall–Kier alpha value is -1.02. The number of fused-ring (bicyclic) bond motifs is 1. The van der Waals surface area contributed by atoms with Crippen LogP contribution >= 0.6 is 11.6 Å². The molecule has 1 amide bonds. The van der Waals surface area contributed by atoms with Crippen molar-refractivity contribution in [3.63, 3.8) is 0 Å². The van der Waals surface area contributed by atoms with Crippen molar-refractivity contribution in [2.24, 2.45) is 0 Å². The minimum absolute atomic E-state index is 0.0628. The van der Waals surface area contributed by atoms with Gasteiger partial charge in [-0.1, -0.05) is 6.07 Å². The van der Waals surface area contributed by atoms with Gasteiger partial charge in [-0.25, -0.2) is 0 Å². The third kappa shape index (κ3) is 2.47. The lowest BCUT2D eigenvalue weighted by atomic mass is 10.1. The molecule has 1 aliphatic carbocycles. The van der Waals surface area contributed by atoms with E-state index in [0.29, 0.717) is 5.88 Å². The van der Waals surface area contributed by atoms with Gasteiger partial charge in [0.15, 0.2) is 0 Å². The summed E-state index contributed by atoms with van der Waals surface area (Å²) in [6, 6.07) is 6.14. The molecule has 0 spiro atoms. The van der Waals surface area contributed by atoms with Gasteiger partial charge in [0.2, 0.25) is 0 Å². The molecule has 0 bridgehead atoms. The highest BCUT2D eigenvalue weighted by Crippen LogP contribution is 2.23. The summed E-state index contributed by atoms with van der Waals surface area (Å²) in [5.41, 5.74) is 3.52. The highest BCUT2D eigenvalue weighted by Gasteiger charge is 2.19. The molecule has 3 heteroatoms. The molecule has 2 rings (SSSR count). The first-order valence-corrected chi connectivity index (χ1v) is 6.62. The second kappa shape index (κ2) is 5.09. The standard InChI is InChI=1S/C14H18ClNO/c1-10(9-15)16(2)14(17)13-7-6-11-4-3-5-12(11)8-13/h6-8,10H,3-5,9H2,1-2H3. The first-order chi connectivity index (χ1) is 8.13. The van der Waals surface area contributed by atoms with Crippen LogP contribution in [0, 0.1) is 0 Å². The predicted molar refractivity (Wildman–Crippen MR) is 70.7 cm³/mol. The van der Waals surface area contributed by atoms with Crippen LogP contribution in [0.1, 0.15) is 34.8 Å². The molecule has 0 fully saturated rings. The number of rotatable bonds is 3. The maximum atomic E-state index is 12.2. The van der Waals surface area contributed by atoms with E-state index in [1.165, 1.54) is 17.5 Å². The van der Waals surface area contributed by atoms with Crippen LogP contribution in [0.2, 0.25) is 0 Å². The number of carbonyl (C=O) groups excluding carboxylic acids is 1. The van der Waals surface area contributed by atoms with Gasteiger partial charge in [-0.3, -0.25) is 4.79 Å². The molecule has 1 unspecified atom stereocenters. The van der Waals surface area contributed by atoms with Crippen LogP contribution < -0.4 is 0 Å². The van der Waals surface area contributed by atoms with Crippen LogP contribution in [0.4, 0.5) is 0 Å². The minimum atomic E-state index is 0.0628. The van der Waals surface area contributed by atoms with Crippen LogP contribution in [0.3, 0.4) is 0 Å². The van der Waals surface area contributed by atoms with E-state index >= 15 is 0 Å². The quantitative estimate of drug-likeness (QED) is 0.757. The SMILES string of the molecule is CC(CCl)N(C)C(=O)c1ccc2c(c1)CCC2. The number of hydrogen-bond donors (Lipinski definition) is 0. The zero-order chi connectivity index (χ0) is 12.4. The molecule has 0 heterocycles. The normalized spacial score (nSPS) is 15.5. The summed E-state index contributed by atoms with van der Waals surface area (Å²) < 4.78 is 0. The Balaban J connectivity index is 2.20. The third-order valence-corrected chi connectivity index (χ3v) is 4.00. The summed E-state index contributed by atoms with van der Waals surface area (Å²) in [6.45, 7) is 1.96. The number of amides is 1. The fourth-order valence-corrected chi connectivity index (χ4v) is 2.42. The van der Waals surface area contributed by atoms with Crippen LogP contribution in [0.5, 0.6) is 0 Å². The van der Waals surface area contributed by atoms with Gasteiger partial charge in [0.05, 0.1) is 0 Å². The van der Waals surface area contributed by atoms with Gasteiger partial charge < -0.3 is 4.90 Å². The molecule has 0 aliphatic heterocycles. The van der Waals surface area contributed by atoms with Crippen molar-refractivity contribution < 1.29 is 4.79 Å². The van der Waals surface area contributed by atoms with Crippen LogP contribution in [0.25, 0.3) is 0 Å². The molecular weight excluding hydrogens is 234 g/mol. The van der Waals surface area contributed by atoms with Gasteiger partial charge in [-0.05, 0) is 49.4 Å². The fourth-order valence-electron chi connectivity index (χ4n) is 2.21. The summed E-state index contributed by atoms with van der Waals surface area (Å²) in [5.74, 6) is 0.528. The lowest BCUT2D eigenvalue weighted by Gasteiger charge is -2.23. The molecule has 1 aromatic rings. The van der Waals surface area contributed by atoms with E-state index in [-0.39, 0.29) is 11.9 Å². The number of carbonyl (C=O) groups is 1. The van der Waals surface area contributed by atoms with E-state index in [1.807, 2.05) is 26.1 Å². The van der Waals surface area contributed by atoms with Crippen LogP contribution in [0.15, 0.2) is 18.2 Å². The first-order valence-electron chi connectivity index (χ1n) is 6.08. The monoisotopic (exact) mass is 251 g/mol. The molecule has 0 radical (unpaired) electrons. The molecule has 0 N–H and O–H groups in total. The second-order valence-electron chi connectivity index (χ2n) is 4.76. The Bertz CT molecular complexity index is 430.